The van der Waals surface area contributed by atoms with Crippen molar-refractivity contribution >= 4 is 33.4 Å². The predicted molar refractivity (Wildman–Crippen MR) is 108 cm³/mol. The zero-order valence-electron chi connectivity index (χ0n) is 16.1. The third-order valence-electron chi connectivity index (χ3n) is 4.03. The van der Waals surface area contributed by atoms with Crippen molar-refractivity contribution in [3.05, 3.63) is 58.4 Å². The van der Waals surface area contributed by atoms with Gasteiger partial charge >= 0.3 is 5.97 Å². The van der Waals surface area contributed by atoms with Gasteiger partial charge < -0.3 is 14.0 Å². The van der Waals surface area contributed by atoms with Crippen LogP contribution in [0.1, 0.15) is 18.1 Å². The van der Waals surface area contributed by atoms with Crippen molar-refractivity contribution in [2.24, 2.45) is 4.99 Å². The van der Waals surface area contributed by atoms with E-state index in [2.05, 4.69) is 4.99 Å². The van der Waals surface area contributed by atoms with Crippen LogP contribution in [0.25, 0.3) is 10.2 Å². The first-order chi connectivity index (χ1) is 13.5. The second-order valence-electron chi connectivity index (χ2n) is 6.31. The average molecular weight is 398 g/mol. The number of aromatic nitrogens is 1. The van der Waals surface area contributed by atoms with Gasteiger partial charge in [-0.05, 0) is 50.1 Å². The molecule has 0 aliphatic heterocycles. The van der Waals surface area contributed by atoms with Crippen molar-refractivity contribution in [3.63, 3.8) is 0 Å². The van der Waals surface area contributed by atoms with E-state index in [1.165, 1.54) is 11.3 Å². The molecule has 0 aliphatic carbocycles. The molecule has 0 bridgehead atoms. The summed E-state index contributed by atoms with van der Waals surface area (Å²) in [5, 5.41) is 0. The number of benzene rings is 2. The molecule has 0 unspecified atom stereocenters. The fourth-order valence-corrected chi connectivity index (χ4v) is 4.18. The summed E-state index contributed by atoms with van der Waals surface area (Å²) in [5.74, 6) is -0.174. The van der Waals surface area contributed by atoms with Gasteiger partial charge in [0.1, 0.15) is 12.3 Å². The summed E-state index contributed by atoms with van der Waals surface area (Å²) in [7, 11) is 0. The van der Waals surface area contributed by atoms with E-state index in [1.54, 1.807) is 23.6 Å². The van der Waals surface area contributed by atoms with E-state index in [0.29, 0.717) is 17.2 Å². The van der Waals surface area contributed by atoms with Crippen LogP contribution in [0.5, 0.6) is 5.75 Å². The molecule has 0 aliphatic rings. The lowest BCUT2D eigenvalue weighted by atomic mass is 10.1. The summed E-state index contributed by atoms with van der Waals surface area (Å²) in [6, 6.07) is 13.2. The zero-order chi connectivity index (χ0) is 20.1. The number of hydrogen-bond donors (Lipinski definition) is 0. The van der Waals surface area contributed by atoms with Gasteiger partial charge in [-0.25, -0.2) is 0 Å². The number of carbonyl (C=O) groups excluding carboxylic acids is 2. The van der Waals surface area contributed by atoms with Crippen LogP contribution in [0.3, 0.4) is 0 Å². The van der Waals surface area contributed by atoms with Crippen molar-refractivity contribution in [1.82, 2.24) is 4.57 Å². The molecule has 28 heavy (non-hydrogen) atoms. The van der Waals surface area contributed by atoms with Gasteiger partial charge in [-0.1, -0.05) is 35.6 Å². The number of esters is 1. The van der Waals surface area contributed by atoms with Gasteiger partial charge in [0.2, 0.25) is 0 Å². The number of carbonyl (C=O) groups is 2. The highest BCUT2D eigenvalue weighted by molar-refractivity contribution is 7.16. The van der Waals surface area contributed by atoms with Crippen molar-refractivity contribution < 1.29 is 19.1 Å². The molecule has 0 N–H and O–H groups in total. The maximum absolute atomic E-state index is 12.4. The smallest absolute Gasteiger partial charge is 0.326 e. The number of nitrogens with zero attached hydrogens (tertiary/aromatic N) is 2. The highest BCUT2D eigenvalue weighted by Crippen LogP contribution is 2.23. The molecule has 3 rings (SSSR count). The molecule has 0 radical (unpaired) electrons. The Morgan fingerprint density at radius 1 is 1.14 bits per heavy atom. The predicted octanol–water partition coefficient (Wildman–Crippen LogP) is 3.39. The van der Waals surface area contributed by atoms with Crippen LogP contribution in [-0.4, -0.2) is 29.7 Å². The minimum Gasteiger partial charge on any atom is -0.484 e. The van der Waals surface area contributed by atoms with E-state index >= 15 is 0 Å². The molecule has 1 aromatic heterocycles. The van der Waals surface area contributed by atoms with Gasteiger partial charge in [0.15, 0.2) is 11.4 Å². The van der Waals surface area contributed by atoms with Crippen LogP contribution in [0.2, 0.25) is 0 Å². The number of fused-ring (bicyclic) bond motifs is 1. The summed E-state index contributed by atoms with van der Waals surface area (Å²) < 4.78 is 13.3. The topological polar surface area (TPSA) is 69.9 Å². The summed E-state index contributed by atoms with van der Waals surface area (Å²) in [5.41, 5.74) is 3.02. The molecule has 0 spiro atoms. The molecule has 0 atom stereocenters. The largest absolute Gasteiger partial charge is 0.484 e. The lowest BCUT2D eigenvalue weighted by Gasteiger charge is -2.07. The first-order valence-electron chi connectivity index (χ1n) is 8.99. The van der Waals surface area contributed by atoms with Crippen LogP contribution in [0, 0.1) is 13.8 Å². The van der Waals surface area contributed by atoms with E-state index in [4.69, 9.17) is 9.47 Å². The third-order valence-corrected chi connectivity index (χ3v) is 5.06. The highest BCUT2D eigenvalue weighted by Gasteiger charge is 2.14. The Morgan fingerprint density at radius 3 is 2.61 bits per heavy atom. The van der Waals surface area contributed by atoms with Crippen LogP contribution in [0.15, 0.2) is 47.5 Å². The molecule has 1 amide bonds. The van der Waals surface area contributed by atoms with E-state index in [9.17, 15) is 9.59 Å². The number of aryl methyl sites for hydroxylation is 2. The average Bonchev–Trinajstić information content (AvgIpc) is 2.98. The summed E-state index contributed by atoms with van der Waals surface area (Å²) >= 11 is 1.37. The molecule has 0 saturated carbocycles. The fourth-order valence-electron chi connectivity index (χ4n) is 2.96. The van der Waals surface area contributed by atoms with E-state index in [-0.39, 0.29) is 19.1 Å². The number of rotatable bonds is 6. The lowest BCUT2D eigenvalue weighted by molar-refractivity contribution is -0.143. The van der Waals surface area contributed by atoms with Gasteiger partial charge in [0.05, 0.1) is 16.8 Å². The van der Waals surface area contributed by atoms with E-state index in [1.807, 2.05) is 44.2 Å². The van der Waals surface area contributed by atoms with Crippen molar-refractivity contribution in [1.29, 1.82) is 0 Å². The van der Waals surface area contributed by atoms with E-state index < -0.39 is 5.91 Å². The van der Waals surface area contributed by atoms with Crippen molar-refractivity contribution in [2.75, 3.05) is 13.2 Å². The zero-order valence-corrected chi connectivity index (χ0v) is 16.9. The molecular formula is C21H22N2O4S. The minimum atomic E-state index is -0.414. The van der Waals surface area contributed by atoms with Gasteiger partial charge in [0.25, 0.3) is 5.91 Å². The standard InChI is InChI=1S/C21H22N2O4S/c1-4-26-19(25)12-23-20-15(3)10-14(2)11-17(20)28-21(23)22-18(24)13-27-16-8-6-5-7-9-16/h5-11H,4,12-13H2,1-3H3. The lowest BCUT2D eigenvalue weighted by Crippen LogP contribution is -2.24. The Bertz CT molecular complexity index is 1070. The molecule has 146 valence electrons. The van der Waals surface area contributed by atoms with Gasteiger partial charge in [-0.2, -0.15) is 4.99 Å². The summed E-state index contributed by atoms with van der Waals surface area (Å²) in [6.07, 6.45) is 0. The Labute approximate surface area is 167 Å². The van der Waals surface area contributed by atoms with Crippen molar-refractivity contribution in [3.8, 4) is 5.75 Å². The fraction of sp³-hybridized carbons (Fsp3) is 0.286. The van der Waals surface area contributed by atoms with Crippen LogP contribution in [-0.2, 0) is 20.9 Å². The molecule has 2 aromatic carbocycles. The Hall–Kier alpha value is -2.93. The van der Waals surface area contributed by atoms with Crippen LogP contribution >= 0.6 is 11.3 Å². The number of hydrogen-bond acceptors (Lipinski definition) is 5. The molecule has 3 aromatic rings. The highest BCUT2D eigenvalue weighted by atomic mass is 32.1. The number of thiazole rings is 1. The normalized spacial score (nSPS) is 11.6. The molecular weight excluding hydrogens is 376 g/mol. The second-order valence-corrected chi connectivity index (χ2v) is 7.32. The van der Waals surface area contributed by atoms with E-state index in [0.717, 1.165) is 21.3 Å². The maximum Gasteiger partial charge on any atom is 0.326 e. The second kappa shape index (κ2) is 8.84. The quantitative estimate of drug-likeness (QED) is 0.597. The molecule has 7 heteroatoms. The van der Waals surface area contributed by atoms with Gasteiger partial charge in [-0.15, -0.1) is 0 Å². The Morgan fingerprint density at radius 2 is 1.89 bits per heavy atom. The van der Waals surface area contributed by atoms with Crippen LogP contribution < -0.4 is 9.54 Å². The summed E-state index contributed by atoms with van der Waals surface area (Å²) in [6.45, 7) is 5.89. The Balaban J connectivity index is 1.96. The number of amides is 1. The first kappa shape index (κ1) is 19.8. The van der Waals surface area contributed by atoms with Crippen LogP contribution in [0.4, 0.5) is 0 Å². The first-order valence-corrected chi connectivity index (χ1v) is 9.81. The van der Waals surface area contributed by atoms with Crippen molar-refractivity contribution in [2.45, 2.75) is 27.3 Å². The molecule has 0 saturated heterocycles. The summed E-state index contributed by atoms with van der Waals surface area (Å²) in [4.78, 5) is 29.1. The number of para-hydroxylation sites is 1. The third kappa shape index (κ3) is 4.67. The minimum absolute atomic E-state index is 0.00337. The molecule has 0 fully saturated rings. The molecule has 1 heterocycles. The van der Waals surface area contributed by atoms with Gasteiger partial charge in [-0.3, -0.25) is 9.59 Å². The maximum atomic E-state index is 12.4. The van der Waals surface area contributed by atoms with Gasteiger partial charge in [0, 0.05) is 0 Å². The number of ether oxygens (including phenoxy) is 2. The molecule has 6 nitrogen and oxygen atoms in total. The SMILES string of the molecule is CCOC(=O)Cn1c(=NC(=O)COc2ccccc2)sc2cc(C)cc(C)c21. The monoisotopic (exact) mass is 398 g/mol. The Kier molecular flexibility index (Phi) is 6.26.